The predicted molar refractivity (Wildman–Crippen MR) is 86.2 cm³/mol. The lowest BCUT2D eigenvalue weighted by Crippen LogP contribution is -3.13. The zero-order valence-corrected chi connectivity index (χ0v) is 13.8. The van der Waals surface area contributed by atoms with Gasteiger partial charge in [0.25, 0.3) is 0 Å². The number of quaternary nitrogens is 1. The average molecular weight is 306 g/mol. The van der Waals surface area contributed by atoms with Crippen molar-refractivity contribution in [1.29, 1.82) is 0 Å². The predicted octanol–water partition coefficient (Wildman–Crippen LogP) is 1.62. The summed E-state index contributed by atoms with van der Waals surface area (Å²) in [4.78, 5) is 13.3. The standard InChI is InChI=1S/C18H27NO3/c1-3-21-18(20)16-9-6-11-19(14-16)12-7-13-22-17-10-5-4-8-15(17)2/h4-5,8,10,16H,3,6-7,9,11-14H2,1-2H3/p+1/t16-/m1/s1. The average Bonchev–Trinajstić information content (AvgIpc) is 2.54. The van der Waals surface area contributed by atoms with Crippen molar-refractivity contribution in [2.75, 3.05) is 32.8 Å². The van der Waals surface area contributed by atoms with Crippen molar-refractivity contribution in [3.8, 4) is 5.75 Å². The molecular weight excluding hydrogens is 278 g/mol. The molecule has 1 aromatic carbocycles. The molecule has 0 saturated carbocycles. The molecule has 2 rings (SSSR count). The molecule has 1 aliphatic heterocycles. The maximum atomic E-state index is 11.8. The van der Waals surface area contributed by atoms with E-state index in [1.165, 1.54) is 10.5 Å². The molecule has 0 radical (unpaired) electrons. The molecule has 22 heavy (non-hydrogen) atoms. The van der Waals surface area contributed by atoms with Crippen LogP contribution in [-0.4, -0.2) is 38.8 Å². The molecule has 1 N–H and O–H groups in total. The molecule has 2 atom stereocenters. The van der Waals surface area contributed by atoms with Gasteiger partial charge in [0.2, 0.25) is 0 Å². The van der Waals surface area contributed by atoms with Crippen molar-refractivity contribution in [2.24, 2.45) is 5.92 Å². The fourth-order valence-electron chi connectivity index (χ4n) is 3.06. The van der Waals surface area contributed by atoms with Crippen LogP contribution in [0.25, 0.3) is 0 Å². The summed E-state index contributed by atoms with van der Waals surface area (Å²) in [6, 6.07) is 8.10. The van der Waals surface area contributed by atoms with E-state index in [-0.39, 0.29) is 11.9 Å². The number of benzene rings is 1. The molecular formula is C18H28NO3+. The maximum absolute atomic E-state index is 11.8. The van der Waals surface area contributed by atoms with E-state index in [4.69, 9.17) is 9.47 Å². The van der Waals surface area contributed by atoms with E-state index in [1.54, 1.807) is 0 Å². The number of hydrogen-bond acceptors (Lipinski definition) is 3. The van der Waals surface area contributed by atoms with Gasteiger partial charge in [0.05, 0.1) is 32.8 Å². The van der Waals surface area contributed by atoms with E-state index >= 15 is 0 Å². The highest BCUT2D eigenvalue weighted by atomic mass is 16.5. The molecule has 1 unspecified atom stereocenters. The molecule has 4 nitrogen and oxygen atoms in total. The summed E-state index contributed by atoms with van der Waals surface area (Å²) in [5.41, 5.74) is 1.18. The minimum absolute atomic E-state index is 0.0177. The summed E-state index contributed by atoms with van der Waals surface area (Å²) in [7, 11) is 0. The van der Waals surface area contributed by atoms with Gasteiger partial charge in [-0.25, -0.2) is 0 Å². The molecule has 1 heterocycles. The largest absolute Gasteiger partial charge is 0.493 e. The number of rotatable bonds is 7. The van der Waals surface area contributed by atoms with Gasteiger partial charge in [0, 0.05) is 6.42 Å². The van der Waals surface area contributed by atoms with Gasteiger partial charge in [-0.1, -0.05) is 18.2 Å². The first-order valence-corrected chi connectivity index (χ1v) is 8.39. The lowest BCUT2D eigenvalue weighted by atomic mass is 9.98. The first kappa shape index (κ1) is 16.8. The van der Waals surface area contributed by atoms with Crippen LogP contribution in [0.1, 0.15) is 31.7 Å². The lowest BCUT2D eigenvalue weighted by molar-refractivity contribution is -0.907. The Bertz CT molecular complexity index is 475. The number of aryl methyl sites for hydroxylation is 1. The number of carbonyl (C=O) groups is 1. The van der Waals surface area contributed by atoms with E-state index in [0.29, 0.717) is 6.61 Å². The van der Waals surface area contributed by atoms with Gasteiger partial charge in [-0.05, 0) is 38.3 Å². The zero-order chi connectivity index (χ0) is 15.8. The molecule has 1 fully saturated rings. The van der Waals surface area contributed by atoms with Crippen LogP contribution in [0.3, 0.4) is 0 Å². The summed E-state index contributed by atoms with van der Waals surface area (Å²) in [6.07, 6.45) is 3.10. The van der Waals surface area contributed by atoms with Gasteiger partial charge in [-0.2, -0.15) is 0 Å². The molecule has 122 valence electrons. The Balaban J connectivity index is 1.68. The molecule has 0 amide bonds. The number of nitrogens with one attached hydrogen (secondary N) is 1. The van der Waals surface area contributed by atoms with Crippen LogP contribution in [0, 0.1) is 12.8 Å². The molecule has 1 aliphatic rings. The van der Waals surface area contributed by atoms with Crippen molar-refractivity contribution >= 4 is 5.97 Å². The van der Waals surface area contributed by atoms with Crippen molar-refractivity contribution in [2.45, 2.75) is 33.1 Å². The Kier molecular flexibility index (Phi) is 6.72. The summed E-state index contributed by atoms with van der Waals surface area (Å²) in [6.45, 7) is 8.27. The number of para-hydroxylation sites is 1. The first-order chi connectivity index (χ1) is 10.7. The summed E-state index contributed by atoms with van der Waals surface area (Å²) in [5.74, 6) is 1.04. The third-order valence-electron chi connectivity index (χ3n) is 4.26. The van der Waals surface area contributed by atoms with E-state index in [2.05, 4.69) is 13.0 Å². The van der Waals surface area contributed by atoms with Crippen molar-refractivity contribution in [3.05, 3.63) is 29.8 Å². The highest BCUT2D eigenvalue weighted by Crippen LogP contribution is 2.16. The number of esters is 1. The monoisotopic (exact) mass is 306 g/mol. The van der Waals surface area contributed by atoms with Crippen molar-refractivity contribution < 1.29 is 19.2 Å². The number of hydrogen-bond donors (Lipinski definition) is 1. The van der Waals surface area contributed by atoms with Crippen LogP contribution >= 0.6 is 0 Å². The number of likely N-dealkylation sites (tertiary alicyclic amines) is 1. The SMILES string of the molecule is CCOC(=O)[C@@H]1CCC[NH+](CCCOc2ccccc2C)C1. The number of ether oxygens (including phenoxy) is 2. The first-order valence-electron chi connectivity index (χ1n) is 8.39. The molecule has 1 saturated heterocycles. The lowest BCUT2D eigenvalue weighted by Gasteiger charge is -2.28. The minimum atomic E-state index is -0.0177. The molecule has 0 spiro atoms. The third-order valence-corrected chi connectivity index (χ3v) is 4.26. The quantitative estimate of drug-likeness (QED) is 0.615. The van der Waals surface area contributed by atoms with Gasteiger partial charge in [-0.3, -0.25) is 4.79 Å². The van der Waals surface area contributed by atoms with Crippen LogP contribution < -0.4 is 9.64 Å². The number of piperidine rings is 1. The van der Waals surface area contributed by atoms with Crippen molar-refractivity contribution in [3.63, 3.8) is 0 Å². The van der Waals surface area contributed by atoms with Gasteiger partial charge in [0.1, 0.15) is 11.7 Å². The van der Waals surface area contributed by atoms with E-state index in [0.717, 1.165) is 51.3 Å². The van der Waals surface area contributed by atoms with Crippen LogP contribution in [0.5, 0.6) is 5.75 Å². The minimum Gasteiger partial charge on any atom is -0.493 e. The second kappa shape index (κ2) is 8.79. The summed E-state index contributed by atoms with van der Waals surface area (Å²) in [5, 5.41) is 0. The van der Waals surface area contributed by atoms with E-state index in [9.17, 15) is 4.79 Å². The van der Waals surface area contributed by atoms with Gasteiger partial charge in [0.15, 0.2) is 0 Å². The highest BCUT2D eigenvalue weighted by molar-refractivity contribution is 5.72. The van der Waals surface area contributed by atoms with Crippen LogP contribution in [0.15, 0.2) is 24.3 Å². The Hall–Kier alpha value is -1.55. The van der Waals surface area contributed by atoms with Crippen molar-refractivity contribution in [1.82, 2.24) is 0 Å². The third kappa shape index (κ3) is 5.02. The van der Waals surface area contributed by atoms with Gasteiger partial charge >= 0.3 is 5.97 Å². The fourth-order valence-corrected chi connectivity index (χ4v) is 3.06. The maximum Gasteiger partial charge on any atom is 0.314 e. The topological polar surface area (TPSA) is 40.0 Å². The summed E-state index contributed by atoms with van der Waals surface area (Å²) < 4.78 is 11.0. The van der Waals surface area contributed by atoms with Crippen LogP contribution in [-0.2, 0) is 9.53 Å². The molecule has 1 aromatic rings. The Morgan fingerprint density at radius 3 is 2.95 bits per heavy atom. The Morgan fingerprint density at radius 2 is 2.18 bits per heavy atom. The molecule has 4 heteroatoms. The van der Waals surface area contributed by atoms with Gasteiger partial charge < -0.3 is 14.4 Å². The Morgan fingerprint density at radius 1 is 1.36 bits per heavy atom. The molecule has 0 bridgehead atoms. The van der Waals surface area contributed by atoms with Gasteiger partial charge in [-0.15, -0.1) is 0 Å². The van der Waals surface area contributed by atoms with Crippen LogP contribution in [0.4, 0.5) is 0 Å². The summed E-state index contributed by atoms with van der Waals surface area (Å²) >= 11 is 0. The fraction of sp³-hybridized carbons (Fsp3) is 0.611. The highest BCUT2D eigenvalue weighted by Gasteiger charge is 2.29. The molecule has 0 aliphatic carbocycles. The second-order valence-corrected chi connectivity index (χ2v) is 6.01. The van der Waals surface area contributed by atoms with Crippen LogP contribution in [0.2, 0.25) is 0 Å². The molecule has 0 aromatic heterocycles. The Labute approximate surface area is 133 Å². The smallest absolute Gasteiger partial charge is 0.314 e. The van der Waals surface area contributed by atoms with E-state index < -0.39 is 0 Å². The second-order valence-electron chi connectivity index (χ2n) is 6.01. The number of carbonyl (C=O) groups excluding carboxylic acids is 1. The normalized spacial score (nSPS) is 21.4. The van der Waals surface area contributed by atoms with E-state index in [1.807, 2.05) is 25.1 Å². The zero-order valence-electron chi connectivity index (χ0n) is 13.8.